The van der Waals surface area contributed by atoms with Crippen molar-refractivity contribution in [1.29, 1.82) is 0 Å². The molecule has 0 atom stereocenters. The molecule has 0 aliphatic carbocycles. The predicted octanol–water partition coefficient (Wildman–Crippen LogP) is 4.29. The van der Waals surface area contributed by atoms with Gasteiger partial charge in [-0.15, -0.1) is 0 Å². The molecule has 0 aliphatic heterocycles. The molecule has 1 heterocycles. The number of rotatable bonds is 4. The zero-order valence-corrected chi connectivity index (χ0v) is 14.0. The molecule has 1 aromatic heterocycles. The number of halogens is 2. The van der Waals surface area contributed by atoms with Crippen molar-refractivity contribution >= 4 is 49.1 Å². The number of hydrogen-bond acceptors (Lipinski definition) is 3. The van der Waals surface area contributed by atoms with Crippen molar-refractivity contribution in [3.8, 4) is 0 Å². The van der Waals surface area contributed by atoms with E-state index in [4.69, 9.17) is 0 Å². The summed E-state index contributed by atoms with van der Waals surface area (Å²) in [5.41, 5.74) is 2.00. The van der Waals surface area contributed by atoms with Crippen LogP contribution in [-0.2, 0) is 0 Å². The third kappa shape index (κ3) is 3.58. The summed E-state index contributed by atoms with van der Waals surface area (Å²) in [4.78, 5) is 16.3. The van der Waals surface area contributed by atoms with Crippen LogP contribution in [0.15, 0.2) is 45.6 Å². The Labute approximate surface area is 134 Å². The van der Waals surface area contributed by atoms with Crippen LogP contribution < -0.4 is 10.6 Å². The standard InChI is InChI=1S/C14H13Br2N3O/c1-2-18-12-5-6-17-8-10(12)14(20)19-13-4-3-9(15)7-11(13)16/h3-8H,2H2,1H3,(H,17,18)(H,19,20). The van der Waals surface area contributed by atoms with Gasteiger partial charge in [-0.1, -0.05) is 15.9 Å². The number of carbonyl (C=O) groups excluding carboxylic acids is 1. The highest BCUT2D eigenvalue weighted by atomic mass is 79.9. The highest BCUT2D eigenvalue weighted by Crippen LogP contribution is 2.27. The Morgan fingerprint density at radius 3 is 2.75 bits per heavy atom. The predicted molar refractivity (Wildman–Crippen MR) is 88.2 cm³/mol. The summed E-state index contributed by atoms with van der Waals surface area (Å²) >= 11 is 6.80. The number of nitrogens with zero attached hydrogens (tertiary/aromatic N) is 1. The monoisotopic (exact) mass is 397 g/mol. The minimum Gasteiger partial charge on any atom is -0.385 e. The van der Waals surface area contributed by atoms with Gasteiger partial charge in [0.25, 0.3) is 5.91 Å². The van der Waals surface area contributed by atoms with Crippen LogP contribution in [0, 0.1) is 0 Å². The average molecular weight is 399 g/mol. The van der Waals surface area contributed by atoms with Crippen molar-refractivity contribution in [3.05, 3.63) is 51.2 Å². The number of carbonyl (C=O) groups is 1. The lowest BCUT2D eigenvalue weighted by molar-refractivity contribution is 0.102. The van der Waals surface area contributed by atoms with E-state index in [0.29, 0.717) is 11.3 Å². The maximum absolute atomic E-state index is 12.3. The van der Waals surface area contributed by atoms with Crippen molar-refractivity contribution in [2.24, 2.45) is 0 Å². The molecule has 0 bridgehead atoms. The largest absolute Gasteiger partial charge is 0.385 e. The molecule has 0 saturated heterocycles. The van der Waals surface area contributed by atoms with Crippen molar-refractivity contribution < 1.29 is 4.79 Å². The maximum Gasteiger partial charge on any atom is 0.259 e. The Morgan fingerprint density at radius 1 is 1.25 bits per heavy atom. The van der Waals surface area contributed by atoms with Crippen molar-refractivity contribution in [2.45, 2.75) is 6.92 Å². The second-order valence-electron chi connectivity index (χ2n) is 4.03. The van der Waals surface area contributed by atoms with E-state index >= 15 is 0 Å². The van der Waals surface area contributed by atoms with Crippen LogP contribution in [0.5, 0.6) is 0 Å². The molecule has 0 spiro atoms. The quantitative estimate of drug-likeness (QED) is 0.807. The molecule has 2 N–H and O–H groups in total. The van der Waals surface area contributed by atoms with Crippen LogP contribution in [0.4, 0.5) is 11.4 Å². The van der Waals surface area contributed by atoms with E-state index in [2.05, 4.69) is 47.5 Å². The summed E-state index contributed by atoms with van der Waals surface area (Å²) in [6.45, 7) is 2.72. The van der Waals surface area contributed by atoms with Gasteiger partial charge in [-0.2, -0.15) is 0 Å². The van der Waals surface area contributed by atoms with Crippen molar-refractivity contribution in [2.75, 3.05) is 17.2 Å². The Balaban J connectivity index is 2.24. The molecule has 1 amide bonds. The van der Waals surface area contributed by atoms with E-state index in [9.17, 15) is 4.79 Å². The molecular formula is C14H13Br2N3O. The lowest BCUT2D eigenvalue weighted by Gasteiger charge is -2.11. The van der Waals surface area contributed by atoms with Gasteiger partial charge >= 0.3 is 0 Å². The molecule has 6 heteroatoms. The lowest BCUT2D eigenvalue weighted by Crippen LogP contribution is -2.15. The zero-order valence-electron chi connectivity index (χ0n) is 10.8. The van der Waals surface area contributed by atoms with Crippen LogP contribution >= 0.6 is 31.9 Å². The van der Waals surface area contributed by atoms with E-state index in [1.54, 1.807) is 18.5 Å². The number of amides is 1. The summed E-state index contributed by atoms with van der Waals surface area (Å²) in [5.74, 6) is -0.197. The number of nitrogens with one attached hydrogen (secondary N) is 2. The molecular weight excluding hydrogens is 386 g/mol. The van der Waals surface area contributed by atoms with E-state index < -0.39 is 0 Å². The molecule has 0 radical (unpaired) electrons. The molecule has 2 aromatic rings. The normalized spacial score (nSPS) is 10.2. The molecule has 4 nitrogen and oxygen atoms in total. The van der Waals surface area contributed by atoms with E-state index in [1.165, 1.54) is 0 Å². The first-order valence-corrected chi connectivity index (χ1v) is 7.64. The maximum atomic E-state index is 12.3. The van der Waals surface area contributed by atoms with Gasteiger partial charge in [0, 0.05) is 27.9 Å². The van der Waals surface area contributed by atoms with E-state index in [-0.39, 0.29) is 5.91 Å². The highest BCUT2D eigenvalue weighted by molar-refractivity contribution is 9.11. The molecule has 104 valence electrons. The average Bonchev–Trinajstić information content (AvgIpc) is 2.43. The van der Waals surface area contributed by atoms with Gasteiger partial charge in [0.05, 0.1) is 16.9 Å². The summed E-state index contributed by atoms with van der Waals surface area (Å²) in [6, 6.07) is 7.36. The minimum atomic E-state index is -0.197. The number of hydrogen-bond donors (Lipinski definition) is 2. The van der Waals surface area contributed by atoms with Gasteiger partial charge in [-0.05, 0) is 47.1 Å². The number of benzene rings is 1. The molecule has 0 unspecified atom stereocenters. The van der Waals surface area contributed by atoms with E-state index in [1.807, 2.05) is 25.1 Å². The van der Waals surface area contributed by atoms with Gasteiger partial charge in [0.15, 0.2) is 0 Å². The third-order valence-corrected chi connectivity index (χ3v) is 3.76. The zero-order chi connectivity index (χ0) is 14.5. The Bertz CT molecular complexity index is 632. The van der Waals surface area contributed by atoms with E-state index in [0.717, 1.165) is 21.2 Å². The molecule has 2 rings (SSSR count). The first-order valence-electron chi connectivity index (χ1n) is 6.06. The fourth-order valence-corrected chi connectivity index (χ4v) is 2.85. The number of anilines is 2. The smallest absolute Gasteiger partial charge is 0.259 e. The van der Waals surface area contributed by atoms with Gasteiger partial charge < -0.3 is 10.6 Å². The van der Waals surface area contributed by atoms with Gasteiger partial charge in [0.2, 0.25) is 0 Å². The van der Waals surface area contributed by atoms with Crippen molar-refractivity contribution in [3.63, 3.8) is 0 Å². The lowest BCUT2D eigenvalue weighted by atomic mass is 10.2. The summed E-state index contributed by atoms with van der Waals surface area (Å²) in [7, 11) is 0. The SMILES string of the molecule is CCNc1ccncc1C(=O)Nc1ccc(Br)cc1Br. The molecule has 0 saturated carbocycles. The summed E-state index contributed by atoms with van der Waals surface area (Å²) < 4.78 is 1.76. The minimum absolute atomic E-state index is 0.197. The van der Waals surface area contributed by atoms with Crippen LogP contribution in [0.25, 0.3) is 0 Å². The Hall–Kier alpha value is -1.40. The molecule has 0 fully saturated rings. The Kier molecular flexibility index (Phi) is 5.14. The summed E-state index contributed by atoms with van der Waals surface area (Å²) in [5, 5.41) is 6.01. The number of aromatic nitrogens is 1. The Morgan fingerprint density at radius 2 is 2.05 bits per heavy atom. The molecule has 0 aliphatic rings. The summed E-state index contributed by atoms with van der Waals surface area (Å²) in [6.07, 6.45) is 3.21. The topological polar surface area (TPSA) is 54.0 Å². The second kappa shape index (κ2) is 6.85. The molecule has 1 aromatic carbocycles. The highest BCUT2D eigenvalue weighted by Gasteiger charge is 2.12. The van der Waals surface area contributed by atoms with Crippen LogP contribution in [0.2, 0.25) is 0 Å². The number of pyridine rings is 1. The second-order valence-corrected chi connectivity index (χ2v) is 5.80. The first-order chi connectivity index (χ1) is 9.61. The third-order valence-electron chi connectivity index (χ3n) is 2.61. The van der Waals surface area contributed by atoms with Crippen molar-refractivity contribution in [1.82, 2.24) is 4.98 Å². The van der Waals surface area contributed by atoms with Gasteiger partial charge in [-0.25, -0.2) is 0 Å². The fourth-order valence-electron chi connectivity index (χ4n) is 1.70. The van der Waals surface area contributed by atoms with Gasteiger partial charge in [-0.3, -0.25) is 9.78 Å². The van der Waals surface area contributed by atoms with Crippen LogP contribution in [-0.4, -0.2) is 17.4 Å². The van der Waals surface area contributed by atoms with Crippen LogP contribution in [0.3, 0.4) is 0 Å². The first kappa shape index (κ1) is 15.0. The fraction of sp³-hybridized carbons (Fsp3) is 0.143. The molecule has 20 heavy (non-hydrogen) atoms. The van der Waals surface area contributed by atoms with Gasteiger partial charge in [0.1, 0.15) is 0 Å². The van der Waals surface area contributed by atoms with Crippen LogP contribution in [0.1, 0.15) is 17.3 Å².